The molecular weight excluding hydrogens is 144 g/mol. The van der Waals surface area contributed by atoms with Crippen LogP contribution in [0.25, 0.3) is 0 Å². The van der Waals surface area contributed by atoms with Gasteiger partial charge in [-0.1, -0.05) is 0 Å². The van der Waals surface area contributed by atoms with Crippen LogP contribution < -0.4 is 11.6 Å². The van der Waals surface area contributed by atoms with Crippen LogP contribution in [0.5, 0.6) is 0 Å². The van der Waals surface area contributed by atoms with E-state index in [1.165, 1.54) is 0 Å². The number of hydrogen-bond acceptors (Lipinski definition) is 3. The Bertz CT molecular complexity index is 159. The molecule has 1 aliphatic rings. The Morgan fingerprint density at radius 3 is 3.00 bits per heavy atom. The van der Waals surface area contributed by atoms with Crippen molar-refractivity contribution in [1.82, 2.24) is 4.90 Å². The molecule has 1 saturated heterocycles. The van der Waals surface area contributed by atoms with Gasteiger partial charge in [0.2, 0.25) is 5.96 Å². The third-order valence-corrected chi connectivity index (χ3v) is 1.70. The summed E-state index contributed by atoms with van der Waals surface area (Å²) < 4.78 is 5.31. The maximum absolute atomic E-state index is 5.51. The van der Waals surface area contributed by atoms with Crippen LogP contribution in [0.2, 0.25) is 0 Å². The molecule has 1 unspecified atom stereocenters. The minimum absolute atomic E-state index is 0.212. The molecule has 0 radical (unpaired) electrons. The molecule has 1 aliphatic heterocycles. The van der Waals surface area contributed by atoms with Crippen LogP contribution in [-0.4, -0.2) is 36.7 Å². The Morgan fingerprint density at radius 2 is 2.45 bits per heavy atom. The van der Waals surface area contributed by atoms with Gasteiger partial charge in [-0.2, -0.15) is 0 Å². The Morgan fingerprint density at radius 1 is 1.73 bits per heavy atom. The van der Waals surface area contributed by atoms with E-state index in [9.17, 15) is 0 Å². The van der Waals surface area contributed by atoms with E-state index < -0.39 is 0 Å². The summed E-state index contributed by atoms with van der Waals surface area (Å²) in [5.74, 6) is 5.42. The Labute approximate surface area is 66.0 Å². The SMILES string of the molecule is CC1CN(/C(N)=N/N)CCO1. The second kappa shape index (κ2) is 3.43. The maximum atomic E-state index is 5.51. The molecule has 0 aromatic rings. The van der Waals surface area contributed by atoms with Gasteiger partial charge in [-0.3, -0.25) is 0 Å². The third-order valence-electron chi connectivity index (χ3n) is 1.70. The second-order valence-corrected chi connectivity index (χ2v) is 2.61. The summed E-state index contributed by atoms with van der Waals surface area (Å²) in [5.41, 5.74) is 5.51. The molecule has 1 heterocycles. The van der Waals surface area contributed by atoms with Crippen LogP contribution in [0.15, 0.2) is 5.10 Å². The average molecular weight is 158 g/mol. The fourth-order valence-electron chi connectivity index (χ4n) is 1.11. The van der Waals surface area contributed by atoms with Crippen molar-refractivity contribution >= 4 is 5.96 Å². The summed E-state index contributed by atoms with van der Waals surface area (Å²) in [6.45, 7) is 4.23. The number of hydrogen-bond donors (Lipinski definition) is 2. The highest BCUT2D eigenvalue weighted by molar-refractivity contribution is 5.77. The van der Waals surface area contributed by atoms with Crippen molar-refractivity contribution in [3.05, 3.63) is 0 Å². The van der Waals surface area contributed by atoms with E-state index in [0.29, 0.717) is 12.6 Å². The summed E-state index contributed by atoms with van der Waals surface area (Å²) >= 11 is 0. The highest BCUT2D eigenvalue weighted by Crippen LogP contribution is 2.02. The maximum Gasteiger partial charge on any atom is 0.213 e. The molecule has 0 aliphatic carbocycles. The lowest BCUT2D eigenvalue weighted by molar-refractivity contribution is 0.00530. The second-order valence-electron chi connectivity index (χ2n) is 2.61. The lowest BCUT2D eigenvalue weighted by atomic mass is 10.3. The van der Waals surface area contributed by atoms with Crippen LogP contribution >= 0.6 is 0 Å². The lowest BCUT2D eigenvalue weighted by Crippen LogP contribution is -2.48. The highest BCUT2D eigenvalue weighted by Gasteiger charge is 2.17. The summed E-state index contributed by atoms with van der Waals surface area (Å²) in [4.78, 5) is 1.91. The quantitative estimate of drug-likeness (QED) is 0.203. The molecule has 64 valence electrons. The van der Waals surface area contributed by atoms with E-state index in [0.717, 1.165) is 13.1 Å². The number of ether oxygens (including phenoxy) is 1. The topological polar surface area (TPSA) is 76.9 Å². The molecule has 0 aromatic heterocycles. The van der Waals surface area contributed by atoms with Crippen LogP contribution in [-0.2, 0) is 4.74 Å². The van der Waals surface area contributed by atoms with Crippen molar-refractivity contribution in [2.24, 2.45) is 16.7 Å². The van der Waals surface area contributed by atoms with Gasteiger partial charge in [0, 0.05) is 13.1 Å². The Hall–Kier alpha value is -0.970. The van der Waals surface area contributed by atoms with Crippen LogP contribution in [0.4, 0.5) is 0 Å². The fraction of sp³-hybridized carbons (Fsp3) is 0.833. The number of hydrazone groups is 1. The lowest BCUT2D eigenvalue weighted by Gasteiger charge is -2.31. The minimum Gasteiger partial charge on any atom is -0.375 e. The van der Waals surface area contributed by atoms with Gasteiger partial charge in [0.05, 0.1) is 12.7 Å². The first-order chi connectivity index (χ1) is 5.24. The Kier molecular flexibility index (Phi) is 2.53. The molecule has 0 spiro atoms. The van der Waals surface area contributed by atoms with Gasteiger partial charge in [0.15, 0.2) is 0 Å². The first-order valence-electron chi connectivity index (χ1n) is 3.64. The van der Waals surface area contributed by atoms with E-state index in [1.54, 1.807) is 0 Å². The molecule has 0 aromatic carbocycles. The standard InChI is InChI=1S/C6H14N4O/c1-5-4-10(2-3-11-5)6(7)9-8/h5H,2-4,8H2,1H3,(H2,7,9). The zero-order chi connectivity index (χ0) is 8.27. The molecule has 1 atom stereocenters. The molecule has 1 rings (SSSR count). The van der Waals surface area contributed by atoms with Gasteiger partial charge in [0.1, 0.15) is 0 Å². The van der Waals surface area contributed by atoms with E-state index in [-0.39, 0.29) is 6.10 Å². The van der Waals surface area contributed by atoms with Gasteiger partial charge < -0.3 is 21.2 Å². The first-order valence-corrected chi connectivity index (χ1v) is 3.64. The molecule has 0 saturated carbocycles. The van der Waals surface area contributed by atoms with Crippen molar-refractivity contribution in [2.75, 3.05) is 19.7 Å². The van der Waals surface area contributed by atoms with Gasteiger partial charge >= 0.3 is 0 Å². The van der Waals surface area contributed by atoms with Gasteiger partial charge in [-0.05, 0) is 6.92 Å². The fourth-order valence-corrected chi connectivity index (χ4v) is 1.11. The van der Waals surface area contributed by atoms with Gasteiger partial charge in [0.25, 0.3) is 0 Å². The van der Waals surface area contributed by atoms with Crippen molar-refractivity contribution in [3.8, 4) is 0 Å². The van der Waals surface area contributed by atoms with Crippen molar-refractivity contribution < 1.29 is 4.74 Å². The van der Waals surface area contributed by atoms with Crippen LogP contribution in [0, 0.1) is 0 Å². The summed E-state index contributed by atoms with van der Waals surface area (Å²) in [7, 11) is 0. The molecule has 0 amide bonds. The predicted molar refractivity (Wildman–Crippen MR) is 42.8 cm³/mol. The summed E-state index contributed by atoms with van der Waals surface area (Å²) in [5, 5.41) is 3.41. The number of morpholine rings is 1. The zero-order valence-corrected chi connectivity index (χ0v) is 6.66. The third kappa shape index (κ3) is 1.98. The van der Waals surface area contributed by atoms with Crippen molar-refractivity contribution in [2.45, 2.75) is 13.0 Å². The van der Waals surface area contributed by atoms with E-state index >= 15 is 0 Å². The molecule has 5 nitrogen and oxygen atoms in total. The van der Waals surface area contributed by atoms with Crippen LogP contribution in [0.1, 0.15) is 6.92 Å². The number of rotatable bonds is 0. The van der Waals surface area contributed by atoms with E-state index in [1.807, 2.05) is 11.8 Å². The highest BCUT2D eigenvalue weighted by atomic mass is 16.5. The summed E-state index contributed by atoms with van der Waals surface area (Å²) in [6.07, 6.45) is 0.212. The van der Waals surface area contributed by atoms with Gasteiger partial charge in [-0.15, -0.1) is 5.10 Å². The van der Waals surface area contributed by atoms with E-state index in [4.69, 9.17) is 16.3 Å². The smallest absolute Gasteiger partial charge is 0.213 e. The largest absolute Gasteiger partial charge is 0.375 e. The Balaban J connectivity index is 2.46. The molecule has 5 heteroatoms. The van der Waals surface area contributed by atoms with Crippen molar-refractivity contribution in [1.29, 1.82) is 0 Å². The van der Waals surface area contributed by atoms with Crippen molar-refractivity contribution in [3.63, 3.8) is 0 Å². The monoisotopic (exact) mass is 158 g/mol. The normalized spacial score (nSPS) is 27.2. The molecule has 11 heavy (non-hydrogen) atoms. The van der Waals surface area contributed by atoms with Crippen LogP contribution in [0.3, 0.4) is 0 Å². The molecule has 1 fully saturated rings. The summed E-state index contributed by atoms with van der Waals surface area (Å²) in [6, 6.07) is 0. The minimum atomic E-state index is 0.212. The molecule has 4 N–H and O–H groups in total. The van der Waals surface area contributed by atoms with Gasteiger partial charge in [-0.25, -0.2) is 0 Å². The van der Waals surface area contributed by atoms with E-state index in [2.05, 4.69) is 5.10 Å². The zero-order valence-electron chi connectivity index (χ0n) is 6.66. The molecule has 0 bridgehead atoms. The number of guanidine groups is 1. The number of nitrogens with two attached hydrogens (primary N) is 2. The number of nitrogens with zero attached hydrogens (tertiary/aromatic N) is 2. The predicted octanol–water partition coefficient (Wildman–Crippen LogP) is -1.10. The molecular formula is C6H14N4O. The average Bonchev–Trinajstić information content (AvgIpc) is 2.03. The first kappa shape index (κ1) is 8.13.